The summed E-state index contributed by atoms with van der Waals surface area (Å²) in [7, 11) is 0. The molecule has 2 aliphatic heterocycles. The van der Waals surface area contributed by atoms with E-state index in [2.05, 4.69) is 4.99 Å². The lowest BCUT2D eigenvalue weighted by atomic mass is 10.1. The van der Waals surface area contributed by atoms with Gasteiger partial charge in [0.2, 0.25) is 0 Å². The van der Waals surface area contributed by atoms with E-state index in [1.165, 1.54) is 28.8 Å². The fourth-order valence-electron chi connectivity index (χ4n) is 2.97. The van der Waals surface area contributed by atoms with Gasteiger partial charge in [-0.05, 0) is 61.1 Å². The van der Waals surface area contributed by atoms with E-state index in [4.69, 9.17) is 4.42 Å². The van der Waals surface area contributed by atoms with E-state index < -0.39 is 4.92 Å². The van der Waals surface area contributed by atoms with Gasteiger partial charge in [0.25, 0.3) is 16.8 Å². The maximum Gasteiger partial charge on any atom is 0.293 e. The van der Waals surface area contributed by atoms with Crippen molar-refractivity contribution in [1.29, 1.82) is 0 Å². The molecule has 8 nitrogen and oxygen atoms in total. The summed E-state index contributed by atoms with van der Waals surface area (Å²) >= 11 is 2.22. The zero-order chi connectivity index (χ0) is 20.7. The second kappa shape index (κ2) is 7.53. The lowest BCUT2D eigenvalue weighted by Gasteiger charge is -2.16. The van der Waals surface area contributed by atoms with Crippen molar-refractivity contribution < 1.29 is 18.9 Å². The molecule has 0 radical (unpaired) electrons. The molecule has 0 N–H and O–H groups in total. The van der Waals surface area contributed by atoms with E-state index in [1.54, 1.807) is 38.1 Å². The standard InChI is InChI=1S/C19H15N3O5S2/c1-10(2)21-18(23)15(28-19(21)24)9-13-4-6-17(27-13)29-16-8-11-7-12(22(25)26)3-5-14(11)20-16/h3-7,9-10H,8H2,1-2H3/b15-9-. The van der Waals surface area contributed by atoms with Crippen molar-refractivity contribution in [2.75, 3.05) is 0 Å². The molecule has 0 aliphatic carbocycles. The molecule has 2 aromatic rings. The third-order valence-corrected chi connectivity index (χ3v) is 6.07. The number of imide groups is 1. The number of carbonyl (C=O) groups excluding carboxylic acids is 2. The van der Waals surface area contributed by atoms with Crippen LogP contribution >= 0.6 is 23.5 Å². The number of hydrogen-bond donors (Lipinski definition) is 0. The van der Waals surface area contributed by atoms with E-state index in [9.17, 15) is 19.7 Å². The van der Waals surface area contributed by atoms with Gasteiger partial charge >= 0.3 is 0 Å². The molecule has 1 aromatic heterocycles. The molecule has 0 saturated carbocycles. The summed E-state index contributed by atoms with van der Waals surface area (Å²) in [6.45, 7) is 3.58. The SMILES string of the molecule is CC(C)N1C(=O)S/C(=C\c2ccc(SC3=Nc4ccc([N+](=O)[O-])cc4C3)o2)C1=O. The van der Waals surface area contributed by atoms with Crippen LogP contribution in [-0.4, -0.2) is 32.1 Å². The third kappa shape index (κ3) is 3.85. The number of aliphatic imine (C=N–C) groups is 1. The van der Waals surface area contributed by atoms with Crippen LogP contribution in [0.25, 0.3) is 6.08 Å². The van der Waals surface area contributed by atoms with Gasteiger partial charge in [-0.25, -0.2) is 4.99 Å². The Hall–Kier alpha value is -2.85. The largest absolute Gasteiger partial charge is 0.450 e. The Labute approximate surface area is 174 Å². The summed E-state index contributed by atoms with van der Waals surface area (Å²) in [6, 6.07) is 7.89. The minimum absolute atomic E-state index is 0.0424. The lowest BCUT2D eigenvalue weighted by Crippen LogP contribution is -2.34. The molecule has 0 atom stereocenters. The van der Waals surface area contributed by atoms with Crippen molar-refractivity contribution >= 4 is 57.2 Å². The topological polar surface area (TPSA) is 106 Å². The summed E-state index contributed by atoms with van der Waals surface area (Å²) in [5.74, 6) is 0.145. The van der Waals surface area contributed by atoms with Gasteiger partial charge in [0.15, 0.2) is 5.09 Å². The van der Waals surface area contributed by atoms with Crippen LogP contribution in [0.2, 0.25) is 0 Å². The number of rotatable bonds is 4. The molecule has 0 unspecified atom stereocenters. The van der Waals surface area contributed by atoms with Gasteiger partial charge < -0.3 is 4.42 Å². The van der Waals surface area contributed by atoms with Gasteiger partial charge in [0, 0.05) is 30.7 Å². The van der Waals surface area contributed by atoms with Crippen LogP contribution in [0.5, 0.6) is 0 Å². The van der Waals surface area contributed by atoms with Gasteiger partial charge in [-0.2, -0.15) is 0 Å². The highest BCUT2D eigenvalue weighted by molar-refractivity contribution is 8.18. The molecule has 1 aromatic carbocycles. The smallest absolute Gasteiger partial charge is 0.293 e. The molecule has 29 heavy (non-hydrogen) atoms. The van der Waals surface area contributed by atoms with Crippen LogP contribution in [0.4, 0.5) is 16.2 Å². The molecule has 2 amide bonds. The number of hydrogen-bond acceptors (Lipinski definition) is 8. The molecule has 2 aliphatic rings. The number of thioether (sulfide) groups is 2. The van der Waals surface area contributed by atoms with Gasteiger partial charge in [-0.3, -0.25) is 24.6 Å². The molecule has 1 fully saturated rings. The Balaban J connectivity index is 1.46. The van der Waals surface area contributed by atoms with Crippen molar-refractivity contribution in [3.05, 3.63) is 56.7 Å². The number of fused-ring (bicyclic) bond motifs is 1. The second-order valence-corrected chi connectivity index (χ2v) is 8.73. The van der Waals surface area contributed by atoms with E-state index in [-0.39, 0.29) is 22.9 Å². The Morgan fingerprint density at radius 1 is 1.31 bits per heavy atom. The lowest BCUT2D eigenvalue weighted by molar-refractivity contribution is -0.384. The van der Waals surface area contributed by atoms with Crippen LogP contribution in [0.15, 0.2) is 49.7 Å². The molecule has 148 valence electrons. The maximum absolute atomic E-state index is 12.4. The number of nitrogens with zero attached hydrogens (tertiary/aromatic N) is 3. The average Bonchev–Trinajstić information content (AvgIpc) is 3.32. The molecule has 0 bridgehead atoms. The number of nitro groups is 1. The minimum Gasteiger partial charge on any atom is -0.450 e. The number of nitro benzene ring substituents is 1. The molecule has 0 spiro atoms. The zero-order valence-corrected chi connectivity index (χ0v) is 17.1. The monoisotopic (exact) mass is 429 g/mol. The number of non-ortho nitro benzene ring substituents is 1. The van der Waals surface area contributed by atoms with Gasteiger partial charge in [0.05, 0.1) is 20.6 Å². The zero-order valence-electron chi connectivity index (χ0n) is 15.4. The average molecular weight is 429 g/mol. The first-order valence-corrected chi connectivity index (χ1v) is 10.3. The molecule has 3 heterocycles. The predicted molar refractivity (Wildman–Crippen MR) is 111 cm³/mol. The molecule has 4 rings (SSSR count). The van der Waals surface area contributed by atoms with E-state index in [0.29, 0.717) is 27.9 Å². The Morgan fingerprint density at radius 3 is 2.79 bits per heavy atom. The van der Waals surface area contributed by atoms with E-state index in [1.807, 2.05) is 0 Å². The Morgan fingerprint density at radius 2 is 2.10 bits per heavy atom. The molecule has 1 saturated heterocycles. The van der Waals surface area contributed by atoms with Crippen molar-refractivity contribution in [1.82, 2.24) is 4.90 Å². The highest BCUT2D eigenvalue weighted by atomic mass is 32.2. The van der Waals surface area contributed by atoms with Crippen LogP contribution < -0.4 is 0 Å². The van der Waals surface area contributed by atoms with Crippen LogP contribution in [-0.2, 0) is 11.2 Å². The fourth-order valence-corrected chi connectivity index (χ4v) is 4.79. The minimum atomic E-state index is -0.425. The number of carbonyl (C=O) groups is 2. The second-order valence-electron chi connectivity index (χ2n) is 6.66. The summed E-state index contributed by atoms with van der Waals surface area (Å²) in [6.07, 6.45) is 2.05. The summed E-state index contributed by atoms with van der Waals surface area (Å²) in [5, 5.41) is 12.0. The first-order valence-electron chi connectivity index (χ1n) is 8.71. The summed E-state index contributed by atoms with van der Waals surface area (Å²) in [4.78, 5) is 40.8. The maximum atomic E-state index is 12.4. The van der Waals surface area contributed by atoms with Crippen molar-refractivity contribution in [2.24, 2.45) is 4.99 Å². The highest BCUT2D eigenvalue weighted by Gasteiger charge is 2.36. The van der Waals surface area contributed by atoms with Gasteiger partial charge in [0.1, 0.15) is 5.76 Å². The predicted octanol–water partition coefficient (Wildman–Crippen LogP) is 5.01. The van der Waals surface area contributed by atoms with E-state index >= 15 is 0 Å². The first kappa shape index (κ1) is 19.5. The normalized spacial score (nSPS) is 17.4. The van der Waals surface area contributed by atoms with Crippen molar-refractivity contribution in [3.8, 4) is 0 Å². The van der Waals surface area contributed by atoms with Crippen molar-refractivity contribution in [2.45, 2.75) is 31.4 Å². The van der Waals surface area contributed by atoms with Crippen LogP contribution in [0.1, 0.15) is 25.2 Å². The summed E-state index contributed by atoms with van der Waals surface area (Å²) < 4.78 is 5.75. The van der Waals surface area contributed by atoms with Crippen molar-refractivity contribution in [3.63, 3.8) is 0 Å². The summed E-state index contributed by atoms with van der Waals surface area (Å²) in [5.41, 5.74) is 1.56. The highest BCUT2D eigenvalue weighted by Crippen LogP contribution is 2.37. The van der Waals surface area contributed by atoms with Gasteiger partial charge in [-0.1, -0.05) is 0 Å². The first-order chi connectivity index (χ1) is 13.8. The van der Waals surface area contributed by atoms with E-state index in [0.717, 1.165) is 22.4 Å². The number of furan rings is 1. The molecular formula is C19H15N3O5S2. The molecule has 10 heteroatoms. The fraction of sp³-hybridized carbons (Fsp3) is 0.211. The van der Waals surface area contributed by atoms with Crippen LogP contribution in [0, 0.1) is 10.1 Å². The Bertz CT molecular complexity index is 1100. The number of amides is 2. The number of benzene rings is 1. The molecular weight excluding hydrogens is 414 g/mol. The van der Waals surface area contributed by atoms with Gasteiger partial charge in [-0.15, -0.1) is 0 Å². The Kier molecular flexibility index (Phi) is 5.05. The third-order valence-electron chi connectivity index (χ3n) is 4.29. The van der Waals surface area contributed by atoms with Crippen LogP contribution in [0.3, 0.4) is 0 Å². The quantitative estimate of drug-likeness (QED) is 0.382.